The van der Waals surface area contributed by atoms with Crippen LogP contribution in [0.1, 0.15) is 41.0 Å². The van der Waals surface area contributed by atoms with Crippen molar-refractivity contribution < 1.29 is 12.7 Å². The third-order valence-electron chi connectivity index (χ3n) is 2.06. The van der Waals surface area contributed by atoms with Crippen molar-refractivity contribution in [3.05, 3.63) is 0 Å². The molecule has 15 heavy (non-hydrogen) atoms. The lowest BCUT2D eigenvalue weighted by Crippen LogP contribution is -2.38. The van der Waals surface area contributed by atoms with Crippen molar-refractivity contribution in [1.82, 2.24) is 4.72 Å². The van der Waals surface area contributed by atoms with E-state index < -0.39 is 10.3 Å². The van der Waals surface area contributed by atoms with E-state index in [2.05, 4.69) is 34.9 Å². The second kappa shape index (κ2) is 3.37. The smallest absolute Gasteiger partial charge is 0.250 e. The fourth-order valence-electron chi connectivity index (χ4n) is 1.91. The van der Waals surface area contributed by atoms with E-state index in [0.29, 0.717) is 5.84 Å². The van der Waals surface area contributed by atoms with Crippen LogP contribution in [0.2, 0.25) is 0 Å². The van der Waals surface area contributed by atoms with Gasteiger partial charge in [-0.2, -0.15) is 8.42 Å². The number of amidine groups is 1. The molecule has 88 valence electrons. The van der Waals surface area contributed by atoms with Crippen LogP contribution in [0.5, 0.6) is 0 Å². The summed E-state index contributed by atoms with van der Waals surface area (Å²) in [6.45, 7) is 10.2. The summed E-state index contributed by atoms with van der Waals surface area (Å²) in [4.78, 5) is 0. The van der Waals surface area contributed by atoms with Crippen molar-refractivity contribution in [2.45, 2.75) is 41.0 Å². The minimum absolute atomic E-state index is 0.0973. The molecule has 0 amide bonds. The number of hydrogen-bond donors (Lipinski definition) is 1. The first-order valence-electron chi connectivity index (χ1n) is 4.82. The largest absolute Gasteiger partial charge is 0.428 e. The molecule has 1 rings (SSSR count). The summed E-state index contributed by atoms with van der Waals surface area (Å²) in [5.74, 6) is 0.373. The quantitative estimate of drug-likeness (QED) is 0.789. The van der Waals surface area contributed by atoms with Gasteiger partial charge >= 0.3 is 10.3 Å². The van der Waals surface area contributed by atoms with Crippen LogP contribution < -0.4 is 4.72 Å². The fourth-order valence-corrected chi connectivity index (χ4v) is 2.67. The molecule has 0 bridgehead atoms. The summed E-state index contributed by atoms with van der Waals surface area (Å²) in [6, 6.07) is 0. The van der Waals surface area contributed by atoms with E-state index in [0.717, 1.165) is 6.42 Å². The molecule has 1 aliphatic heterocycles. The van der Waals surface area contributed by atoms with Crippen molar-refractivity contribution in [2.24, 2.45) is 16.0 Å². The number of nitrogens with zero attached hydrogens (tertiary/aromatic N) is 1. The molecule has 0 unspecified atom stereocenters. The van der Waals surface area contributed by atoms with Crippen LogP contribution >= 0.6 is 0 Å². The monoisotopic (exact) mass is 234 g/mol. The van der Waals surface area contributed by atoms with Gasteiger partial charge in [-0.3, -0.25) is 4.28 Å². The lowest BCUT2D eigenvalue weighted by atomic mass is 9.75. The molecular weight excluding hydrogens is 216 g/mol. The molecule has 0 saturated carbocycles. The van der Waals surface area contributed by atoms with Gasteiger partial charge in [0.05, 0.1) is 0 Å². The average Bonchev–Trinajstić information content (AvgIpc) is 2.25. The van der Waals surface area contributed by atoms with Crippen LogP contribution in [0, 0.1) is 10.8 Å². The molecule has 1 aliphatic rings. The second-order valence-electron chi connectivity index (χ2n) is 5.69. The second-order valence-corrected chi connectivity index (χ2v) is 6.95. The number of nitrogens with one attached hydrogen (secondary N) is 1. The Bertz CT molecular complexity index is 377. The van der Waals surface area contributed by atoms with Crippen molar-refractivity contribution >= 4 is 16.1 Å². The van der Waals surface area contributed by atoms with Gasteiger partial charge in [-0.25, -0.2) is 4.72 Å². The highest BCUT2D eigenvalue weighted by Gasteiger charge is 2.37. The van der Waals surface area contributed by atoms with Crippen LogP contribution in [0.4, 0.5) is 0 Å². The van der Waals surface area contributed by atoms with E-state index >= 15 is 0 Å². The van der Waals surface area contributed by atoms with Crippen molar-refractivity contribution in [3.63, 3.8) is 0 Å². The van der Waals surface area contributed by atoms with Crippen molar-refractivity contribution in [2.75, 3.05) is 0 Å². The van der Waals surface area contributed by atoms with Gasteiger partial charge in [0, 0.05) is 5.41 Å². The lowest BCUT2D eigenvalue weighted by Gasteiger charge is -2.30. The zero-order valence-corrected chi connectivity index (χ0v) is 10.6. The van der Waals surface area contributed by atoms with Crippen LogP contribution in [-0.4, -0.2) is 14.3 Å². The lowest BCUT2D eigenvalue weighted by molar-refractivity contribution is 0.272. The van der Waals surface area contributed by atoms with Gasteiger partial charge in [0.25, 0.3) is 0 Å². The third-order valence-corrected chi connectivity index (χ3v) is 2.78. The van der Waals surface area contributed by atoms with E-state index in [4.69, 9.17) is 0 Å². The van der Waals surface area contributed by atoms with Crippen molar-refractivity contribution in [3.8, 4) is 0 Å². The highest BCUT2D eigenvalue weighted by atomic mass is 32.2. The third kappa shape index (κ3) is 3.37. The zero-order chi connectivity index (χ0) is 11.9. The molecule has 0 spiro atoms. The van der Waals surface area contributed by atoms with E-state index in [1.807, 2.05) is 13.8 Å². The molecule has 0 radical (unpaired) electrons. The number of hydrogen-bond acceptors (Lipinski definition) is 4. The molecule has 0 aromatic rings. The first-order chi connectivity index (χ1) is 6.52. The molecule has 6 heteroatoms. The maximum absolute atomic E-state index is 11.0. The van der Waals surface area contributed by atoms with Gasteiger partial charge in [-0.1, -0.05) is 34.6 Å². The molecule has 5 nitrogen and oxygen atoms in total. The Morgan fingerprint density at radius 1 is 1.27 bits per heavy atom. The average molecular weight is 234 g/mol. The normalized spacial score (nSPS) is 20.5. The molecule has 0 saturated heterocycles. The molecule has 0 atom stereocenters. The molecule has 0 aromatic heterocycles. The molecule has 1 N–H and O–H groups in total. The van der Waals surface area contributed by atoms with E-state index in [1.165, 1.54) is 0 Å². The number of oxime groups is 1. The first kappa shape index (κ1) is 12.3. The van der Waals surface area contributed by atoms with Gasteiger partial charge in [0.1, 0.15) is 0 Å². The van der Waals surface area contributed by atoms with Crippen LogP contribution in [0.3, 0.4) is 0 Å². The van der Waals surface area contributed by atoms with Gasteiger partial charge in [0.2, 0.25) is 0 Å². The fraction of sp³-hybridized carbons (Fsp3) is 0.889. The molecular formula is C9H18N2O3S. The van der Waals surface area contributed by atoms with Gasteiger partial charge in [-0.05, 0) is 17.0 Å². The molecule has 0 fully saturated rings. The van der Waals surface area contributed by atoms with Gasteiger partial charge < -0.3 is 0 Å². The Kier molecular flexibility index (Phi) is 2.76. The maximum atomic E-state index is 11.0. The standard InChI is InChI=1S/C9H18N2O3S/c1-8(2,3)6-9(4,5)7-10-14-15(12,13)11-7/h6H2,1-5H3,(H,10,11). The first-order valence-corrected chi connectivity index (χ1v) is 6.23. The molecule has 0 aromatic carbocycles. The van der Waals surface area contributed by atoms with Gasteiger partial charge in [0.15, 0.2) is 5.84 Å². The Hall–Kier alpha value is -0.780. The summed E-state index contributed by atoms with van der Waals surface area (Å²) in [5.41, 5.74) is -0.248. The number of rotatable bonds is 2. The molecule has 1 heterocycles. The van der Waals surface area contributed by atoms with E-state index in [1.54, 1.807) is 0 Å². The van der Waals surface area contributed by atoms with E-state index in [-0.39, 0.29) is 10.8 Å². The highest BCUT2D eigenvalue weighted by Crippen LogP contribution is 2.34. The Morgan fingerprint density at radius 2 is 1.80 bits per heavy atom. The topological polar surface area (TPSA) is 67.8 Å². The highest BCUT2D eigenvalue weighted by molar-refractivity contribution is 7.85. The maximum Gasteiger partial charge on any atom is 0.428 e. The predicted molar refractivity (Wildman–Crippen MR) is 58.4 cm³/mol. The van der Waals surface area contributed by atoms with Gasteiger partial charge in [-0.15, -0.1) is 0 Å². The summed E-state index contributed by atoms with van der Waals surface area (Å²) in [6.07, 6.45) is 0.810. The summed E-state index contributed by atoms with van der Waals surface area (Å²) in [7, 11) is -3.69. The summed E-state index contributed by atoms with van der Waals surface area (Å²) >= 11 is 0. The Morgan fingerprint density at radius 3 is 2.13 bits per heavy atom. The summed E-state index contributed by atoms with van der Waals surface area (Å²) in [5, 5.41) is 3.56. The van der Waals surface area contributed by atoms with Crippen LogP contribution in [0.25, 0.3) is 0 Å². The van der Waals surface area contributed by atoms with E-state index in [9.17, 15) is 8.42 Å². The van der Waals surface area contributed by atoms with Crippen LogP contribution in [-0.2, 0) is 14.6 Å². The minimum Gasteiger partial charge on any atom is -0.250 e. The molecule has 0 aliphatic carbocycles. The zero-order valence-electron chi connectivity index (χ0n) is 9.79. The Balaban J connectivity index is 2.81. The summed E-state index contributed by atoms with van der Waals surface area (Å²) < 4.78 is 28.6. The minimum atomic E-state index is -3.69. The van der Waals surface area contributed by atoms with Crippen molar-refractivity contribution in [1.29, 1.82) is 0 Å². The van der Waals surface area contributed by atoms with Crippen LogP contribution in [0.15, 0.2) is 5.16 Å². The predicted octanol–water partition coefficient (Wildman–Crippen LogP) is 1.63. The Labute approximate surface area is 91.1 Å². The SMILES string of the molecule is CC(C)(C)CC(C)(C)C1=NOS(=O)(=O)N1.